The van der Waals surface area contributed by atoms with Gasteiger partial charge in [0.25, 0.3) is 0 Å². The predicted octanol–water partition coefficient (Wildman–Crippen LogP) is 4.15. The van der Waals surface area contributed by atoms with Crippen molar-refractivity contribution in [3.8, 4) is 0 Å². The monoisotopic (exact) mass is 306 g/mol. The molecule has 0 radical (unpaired) electrons. The van der Waals surface area contributed by atoms with Gasteiger partial charge in [-0.25, -0.2) is 0 Å². The highest BCUT2D eigenvalue weighted by Gasteiger charge is 2.16. The van der Waals surface area contributed by atoms with Crippen LogP contribution in [0.5, 0.6) is 0 Å². The quantitative estimate of drug-likeness (QED) is 0.904. The number of thiophene rings is 1. The third-order valence-corrected chi connectivity index (χ3v) is 4.53. The molecule has 2 heterocycles. The number of halogens is 2. The Kier molecular flexibility index (Phi) is 3.21. The van der Waals surface area contributed by atoms with Crippen LogP contribution < -0.4 is 0 Å². The van der Waals surface area contributed by atoms with E-state index in [4.69, 9.17) is 16.0 Å². The van der Waals surface area contributed by atoms with Crippen molar-refractivity contribution >= 4 is 38.9 Å². The lowest BCUT2D eigenvalue weighted by molar-refractivity contribution is 0.223. The maximum absolute atomic E-state index is 10.0. The van der Waals surface area contributed by atoms with Crippen LogP contribution in [0.1, 0.15) is 22.3 Å². The molecule has 2 aromatic rings. The van der Waals surface area contributed by atoms with Crippen molar-refractivity contribution in [1.29, 1.82) is 0 Å². The predicted molar refractivity (Wildman–Crippen MR) is 64.5 cm³/mol. The number of aliphatic hydroxyl groups excluding tert-OH is 1. The molecule has 0 aliphatic carbocycles. The summed E-state index contributed by atoms with van der Waals surface area (Å²) >= 11 is 10.6. The van der Waals surface area contributed by atoms with Crippen molar-refractivity contribution in [3.05, 3.63) is 43.4 Å². The Morgan fingerprint density at radius 1 is 1.53 bits per heavy atom. The van der Waals surface area contributed by atoms with E-state index in [1.165, 1.54) is 11.3 Å². The normalized spacial score (nSPS) is 13.1. The second-order valence-corrected chi connectivity index (χ2v) is 5.70. The molecule has 1 unspecified atom stereocenters. The first-order valence-electron chi connectivity index (χ1n) is 4.25. The Morgan fingerprint density at radius 2 is 2.27 bits per heavy atom. The number of rotatable bonds is 2. The summed E-state index contributed by atoms with van der Waals surface area (Å²) in [5.74, 6) is 0.783. The van der Waals surface area contributed by atoms with E-state index < -0.39 is 6.10 Å². The van der Waals surface area contributed by atoms with Crippen molar-refractivity contribution in [2.24, 2.45) is 0 Å². The summed E-state index contributed by atoms with van der Waals surface area (Å²) in [4.78, 5) is 0.799. The first-order valence-corrected chi connectivity index (χ1v) is 6.24. The SMILES string of the molecule is Cc1cc(C(O)c2cc(Br)c(Cl)s2)co1. The fourth-order valence-corrected chi connectivity index (χ4v) is 3.02. The Morgan fingerprint density at radius 3 is 2.73 bits per heavy atom. The zero-order valence-corrected chi connectivity index (χ0v) is 11.0. The molecule has 2 nitrogen and oxygen atoms in total. The molecule has 0 fully saturated rings. The van der Waals surface area contributed by atoms with E-state index >= 15 is 0 Å². The van der Waals surface area contributed by atoms with Gasteiger partial charge in [0.1, 0.15) is 16.2 Å². The Bertz CT molecular complexity index is 458. The van der Waals surface area contributed by atoms with E-state index in [1.807, 2.05) is 19.1 Å². The van der Waals surface area contributed by atoms with Gasteiger partial charge in [-0.15, -0.1) is 11.3 Å². The lowest BCUT2D eigenvalue weighted by atomic mass is 10.1. The topological polar surface area (TPSA) is 33.4 Å². The van der Waals surface area contributed by atoms with Gasteiger partial charge in [-0.05, 0) is 35.0 Å². The van der Waals surface area contributed by atoms with E-state index in [1.54, 1.807) is 6.26 Å². The largest absolute Gasteiger partial charge is 0.469 e. The highest BCUT2D eigenvalue weighted by molar-refractivity contribution is 9.10. The number of aryl methyl sites for hydroxylation is 1. The van der Waals surface area contributed by atoms with E-state index in [0.29, 0.717) is 4.34 Å². The number of hydrogen-bond donors (Lipinski definition) is 1. The summed E-state index contributed by atoms with van der Waals surface area (Å²) in [6.07, 6.45) is 0.887. The lowest BCUT2D eigenvalue weighted by Crippen LogP contribution is -1.94. The van der Waals surface area contributed by atoms with Gasteiger partial charge in [-0.2, -0.15) is 0 Å². The van der Waals surface area contributed by atoms with Gasteiger partial charge in [0.05, 0.1) is 6.26 Å². The summed E-state index contributed by atoms with van der Waals surface area (Å²) in [5, 5.41) is 10.0. The Labute approximate surface area is 105 Å². The molecule has 1 N–H and O–H groups in total. The van der Waals surface area contributed by atoms with E-state index in [-0.39, 0.29) is 0 Å². The molecule has 0 aliphatic rings. The van der Waals surface area contributed by atoms with Crippen molar-refractivity contribution in [2.45, 2.75) is 13.0 Å². The van der Waals surface area contributed by atoms with Crippen molar-refractivity contribution < 1.29 is 9.52 Å². The Balaban J connectivity index is 2.31. The van der Waals surface area contributed by atoms with Gasteiger partial charge in [0.15, 0.2) is 0 Å². The van der Waals surface area contributed by atoms with Gasteiger partial charge in [0, 0.05) is 14.9 Å². The van der Waals surface area contributed by atoms with Crippen LogP contribution in [-0.2, 0) is 0 Å². The second-order valence-electron chi connectivity index (χ2n) is 3.16. The summed E-state index contributed by atoms with van der Waals surface area (Å²) in [6.45, 7) is 1.84. The number of aliphatic hydroxyl groups is 1. The molecule has 1 atom stereocenters. The lowest BCUT2D eigenvalue weighted by Gasteiger charge is -2.03. The molecule has 80 valence electrons. The molecular formula is C10H8BrClO2S. The first kappa shape index (κ1) is 11.2. The zero-order chi connectivity index (χ0) is 11.0. The molecule has 2 rings (SSSR count). The number of hydrogen-bond acceptors (Lipinski definition) is 3. The van der Waals surface area contributed by atoms with Gasteiger partial charge >= 0.3 is 0 Å². The highest BCUT2D eigenvalue weighted by Crippen LogP contribution is 2.37. The van der Waals surface area contributed by atoms with E-state index in [2.05, 4.69) is 15.9 Å². The second kappa shape index (κ2) is 4.29. The van der Waals surface area contributed by atoms with Crippen LogP contribution in [0.4, 0.5) is 0 Å². The Hall–Kier alpha value is -0.290. The van der Waals surface area contributed by atoms with Crippen LogP contribution in [-0.4, -0.2) is 5.11 Å². The molecule has 0 saturated carbocycles. The average molecular weight is 308 g/mol. The van der Waals surface area contributed by atoms with Crippen LogP contribution in [0.25, 0.3) is 0 Å². The minimum absolute atomic E-state index is 0.643. The molecule has 0 bridgehead atoms. The molecule has 0 amide bonds. The summed E-state index contributed by atoms with van der Waals surface area (Å²) in [5.41, 5.74) is 0.748. The summed E-state index contributed by atoms with van der Waals surface area (Å²) < 4.78 is 6.60. The standard InChI is InChI=1S/C10H8BrClO2S/c1-5-2-6(4-14-5)9(13)8-3-7(11)10(12)15-8/h2-4,9,13H,1H3. The maximum atomic E-state index is 10.0. The first-order chi connectivity index (χ1) is 7.08. The molecule has 0 spiro atoms. The van der Waals surface area contributed by atoms with E-state index in [9.17, 15) is 5.11 Å². The molecule has 0 aromatic carbocycles. The highest BCUT2D eigenvalue weighted by atomic mass is 79.9. The molecule has 0 aliphatic heterocycles. The third-order valence-electron chi connectivity index (χ3n) is 2.00. The third kappa shape index (κ3) is 2.28. The van der Waals surface area contributed by atoms with Crippen molar-refractivity contribution in [1.82, 2.24) is 0 Å². The van der Waals surface area contributed by atoms with Crippen molar-refractivity contribution in [3.63, 3.8) is 0 Å². The minimum atomic E-state index is -0.670. The average Bonchev–Trinajstić information content (AvgIpc) is 2.74. The molecule has 0 saturated heterocycles. The van der Waals surface area contributed by atoms with Gasteiger partial charge in [0.2, 0.25) is 0 Å². The van der Waals surface area contributed by atoms with Gasteiger partial charge < -0.3 is 9.52 Å². The summed E-state index contributed by atoms with van der Waals surface area (Å²) in [7, 11) is 0. The van der Waals surface area contributed by atoms with Crippen LogP contribution in [0.2, 0.25) is 4.34 Å². The molecule has 5 heteroatoms. The molecule has 15 heavy (non-hydrogen) atoms. The van der Waals surface area contributed by atoms with Crippen LogP contribution >= 0.6 is 38.9 Å². The molecule has 2 aromatic heterocycles. The smallest absolute Gasteiger partial charge is 0.116 e. The van der Waals surface area contributed by atoms with Crippen LogP contribution in [0, 0.1) is 6.92 Å². The number of furan rings is 1. The van der Waals surface area contributed by atoms with Crippen LogP contribution in [0.3, 0.4) is 0 Å². The fourth-order valence-electron chi connectivity index (χ4n) is 1.27. The summed E-state index contributed by atoms with van der Waals surface area (Å²) in [6, 6.07) is 3.63. The van der Waals surface area contributed by atoms with Gasteiger partial charge in [-0.3, -0.25) is 0 Å². The maximum Gasteiger partial charge on any atom is 0.116 e. The van der Waals surface area contributed by atoms with Gasteiger partial charge in [-0.1, -0.05) is 11.6 Å². The fraction of sp³-hybridized carbons (Fsp3) is 0.200. The zero-order valence-electron chi connectivity index (χ0n) is 7.83. The molecular weight excluding hydrogens is 300 g/mol. The van der Waals surface area contributed by atoms with E-state index in [0.717, 1.165) is 20.7 Å². The van der Waals surface area contributed by atoms with Crippen LogP contribution in [0.15, 0.2) is 27.3 Å². The van der Waals surface area contributed by atoms with Crippen molar-refractivity contribution in [2.75, 3.05) is 0 Å². The minimum Gasteiger partial charge on any atom is -0.469 e.